The number of fused-ring (bicyclic) bond motifs is 2. The fraction of sp³-hybridized carbons (Fsp3) is 0.417. The number of aromatic nitrogens is 3. The summed E-state index contributed by atoms with van der Waals surface area (Å²) in [6, 6.07) is 15.8. The highest BCUT2D eigenvalue weighted by Gasteiger charge is 2.48. The molecule has 0 saturated carbocycles. The van der Waals surface area contributed by atoms with Gasteiger partial charge in [0, 0.05) is 44.7 Å². The first-order valence-corrected chi connectivity index (χ1v) is 11.4. The lowest BCUT2D eigenvalue weighted by Crippen LogP contribution is -2.42. The summed E-state index contributed by atoms with van der Waals surface area (Å²) in [7, 11) is 1.83. The molecule has 192 valence electrons. The van der Waals surface area contributed by atoms with Gasteiger partial charge in [-0.2, -0.15) is 13.2 Å². The maximum Gasteiger partial charge on any atom is 0.490 e. The number of carbonyl (C=O) groups excluding carboxylic acids is 1. The van der Waals surface area contributed by atoms with Gasteiger partial charge in [-0.3, -0.25) is 9.69 Å². The molecule has 0 spiro atoms. The predicted octanol–water partition coefficient (Wildman–Crippen LogP) is 2.17. The van der Waals surface area contributed by atoms with Gasteiger partial charge in [0.2, 0.25) is 0 Å². The third kappa shape index (κ3) is 5.34. The van der Waals surface area contributed by atoms with E-state index in [9.17, 15) is 23.1 Å². The molecule has 2 aromatic carbocycles. The van der Waals surface area contributed by atoms with Crippen LogP contribution in [0.5, 0.6) is 0 Å². The van der Waals surface area contributed by atoms with Crippen molar-refractivity contribution in [2.75, 3.05) is 26.2 Å². The third-order valence-electron chi connectivity index (χ3n) is 6.69. The van der Waals surface area contributed by atoms with E-state index >= 15 is 0 Å². The first-order valence-electron chi connectivity index (χ1n) is 11.4. The lowest BCUT2D eigenvalue weighted by Gasteiger charge is -2.28. The molecule has 3 atom stereocenters. The zero-order valence-electron chi connectivity index (χ0n) is 19.5. The number of nitrogens with zero attached hydrogens (tertiary/aromatic N) is 5. The van der Waals surface area contributed by atoms with Crippen LogP contribution in [0.1, 0.15) is 15.9 Å². The molecule has 5 rings (SSSR count). The fourth-order valence-electron chi connectivity index (χ4n) is 5.01. The fourth-order valence-corrected chi connectivity index (χ4v) is 5.01. The summed E-state index contributed by atoms with van der Waals surface area (Å²) < 4.78 is 33.4. The minimum atomic E-state index is -5.08. The van der Waals surface area contributed by atoms with Crippen molar-refractivity contribution in [1.82, 2.24) is 24.8 Å². The minimum absolute atomic E-state index is 0.000525. The molecular weight excluding hydrogens is 479 g/mol. The second-order valence-corrected chi connectivity index (χ2v) is 9.03. The zero-order chi connectivity index (χ0) is 26.0. The van der Waals surface area contributed by atoms with E-state index in [1.54, 1.807) is 10.7 Å². The highest BCUT2D eigenvalue weighted by Crippen LogP contribution is 2.37. The molecule has 0 aliphatic carbocycles. The number of aryl methyl sites for hydroxylation is 1. The number of carboxylic acids is 1. The number of alkyl halides is 3. The van der Waals surface area contributed by atoms with Crippen LogP contribution in [0.3, 0.4) is 0 Å². The highest BCUT2D eigenvalue weighted by molar-refractivity contribution is 5.97. The second-order valence-electron chi connectivity index (χ2n) is 9.03. The molecule has 12 heteroatoms. The monoisotopic (exact) mass is 505 g/mol. The Balaban J connectivity index is 0.000000384. The number of benzene rings is 2. The van der Waals surface area contributed by atoms with Gasteiger partial charge in [0.15, 0.2) is 0 Å². The van der Waals surface area contributed by atoms with Crippen LogP contribution in [0.2, 0.25) is 0 Å². The molecule has 2 N–H and O–H groups in total. The van der Waals surface area contributed by atoms with Crippen molar-refractivity contribution in [3.63, 3.8) is 0 Å². The second kappa shape index (κ2) is 10.2. The van der Waals surface area contributed by atoms with Crippen LogP contribution in [0.25, 0.3) is 11.0 Å². The number of hydrogen-bond donors (Lipinski definition) is 2. The van der Waals surface area contributed by atoms with Gasteiger partial charge >= 0.3 is 12.1 Å². The van der Waals surface area contributed by atoms with E-state index in [4.69, 9.17) is 9.90 Å². The number of halogens is 3. The summed E-state index contributed by atoms with van der Waals surface area (Å²) in [5, 5.41) is 25.3. The average Bonchev–Trinajstić information content (AvgIpc) is 3.51. The van der Waals surface area contributed by atoms with Gasteiger partial charge in [-0.05, 0) is 29.7 Å². The third-order valence-corrected chi connectivity index (χ3v) is 6.69. The van der Waals surface area contributed by atoms with Crippen molar-refractivity contribution >= 4 is 22.9 Å². The van der Waals surface area contributed by atoms with Crippen LogP contribution in [-0.2, 0) is 18.4 Å². The molecule has 3 heterocycles. The quantitative estimate of drug-likeness (QED) is 0.559. The molecule has 0 radical (unpaired) electrons. The van der Waals surface area contributed by atoms with Crippen molar-refractivity contribution in [1.29, 1.82) is 0 Å². The highest BCUT2D eigenvalue weighted by atomic mass is 19.4. The number of rotatable bonds is 4. The molecule has 1 amide bonds. The van der Waals surface area contributed by atoms with E-state index in [0.717, 1.165) is 25.2 Å². The van der Waals surface area contributed by atoms with Gasteiger partial charge in [0.1, 0.15) is 5.52 Å². The number of aliphatic hydroxyl groups excluding tert-OH is 1. The minimum Gasteiger partial charge on any atom is -0.475 e. The Morgan fingerprint density at radius 3 is 2.42 bits per heavy atom. The first-order chi connectivity index (χ1) is 17.1. The van der Waals surface area contributed by atoms with Gasteiger partial charge < -0.3 is 15.1 Å². The Labute approximate surface area is 204 Å². The van der Waals surface area contributed by atoms with Crippen LogP contribution in [-0.4, -0.2) is 85.3 Å². The van der Waals surface area contributed by atoms with Gasteiger partial charge in [0.25, 0.3) is 5.91 Å². The summed E-state index contributed by atoms with van der Waals surface area (Å²) >= 11 is 0. The number of aliphatic carboxylic acids is 1. The number of carbonyl (C=O) groups is 2. The summed E-state index contributed by atoms with van der Waals surface area (Å²) in [5.74, 6) is -2.07. The topological polar surface area (TPSA) is 112 Å². The molecule has 2 aliphatic heterocycles. The Bertz CT molecular complexity index is 1230. The molecule has 3 aromatic rings. The number of aliphatic hydroxyl groups is 1. The van der Waals surface area contributed by atoms with E-state index in [2.05, 4.69) is 39.5 Å². The number of likely N-dealkylation sites (tertiary alicyclic amines) is 2. The summed E-state index contributed by atoms with van der Waals surface area (Å²) in [6.07, 6.45) is -5.08. The maximum absolute atomic E-state index is 13.2. The van der Waals surface area contributed by atoms with Gasteiger partial charge in [-0.25, -0.2) is 9.48 Å². The summed E-state index contributed by atoms with van der Waals surface area (Å²) in [5.41, 5.74) is 3.53. The maximum atomic E-state index is 13.2. The van der Waals surface area contributed by atoms with Crippen LogP contribution in [0, 0.1) is 11.8 Å². The van der Waals surface area contributed by atoms with E-state index in [1.165, 1.54) is 5.56 Å². The van der Waals surface area contributed by atoms with E-state index in [1.807, 2.05) is 30.1 Å². The normalized spacial score (nSPS) is 21.8. The number of hydrogen-bond acceptors (Lipinski definition) is 6. The SMILES string of the molecule is Cn1nnc2cc(C(=O)N3C[C@@H]4CN(Cc5ccccc5)C[C@@H]4[C@H]3CO)ccc21.O=C(O)C(F)(F)F. The van der Waals surface area contributed by atoms with E-state index in [-0.39, 0.29) is 18.6 Å². The van der Waals surface area contributed by atoms with Gasteiger partial charge in [-0.1, -0.05) is 35.5 Å². The van der Waals surface area contributed by atoms with E-state index < -0.39 is 12.1 Å². The first kappa shape index (κ1) is 25.6. The molecule has 0 unspecified atom stereocenters. The number of carboxylic acid groups (broad SMARTS) is 1. The van der Waals surface area contributed by atoms with Crippen molar-refractivity contribution in [2.45, 2.75) is 18.8 Å². The molecule has 1 aromatic heterocycles. The molecule has 9 nitrogen and oxygen atoms in total. The Morgan fingerprint density at radius 1 is 1.08 bits per heavy atom. The largest absolute Gasteiger partial charge is 0.490 e. The molecule has 2 aliphatic rings. The van der Waals surface area contributed by atoms with Crippen LogP contribution in [0.4, 0.5) is 13.2 Å². The van der Waals surface area contributed by atoms with Crippen molar-refractivity contribution in [3.8, 4) is 0 Å². The lowest BCUT2D eigenvalue weighted by atomic mass is 9.94. The van der Waals surface area contributed by atoms with Crippen LogP contribution < -0.4 is 0 Å². The smallest absolute Gasteiger partial charge is 0.475 e. The Kier molecular flexibility index (Phi) is 7.27. The molecule has 2 saturated heterocycles. The molecule has 36 heavy (non-hydrogen) atoms. The van der Waals surface area contributed by atoms with Gasteiger partial charge in [-0.15, -0.1) is 5.10 Å². The molecule has 0 bridgehead atoms. The zero-order valence-corrected chi connectivity index (χ0v) is 19.5. The standard InChI is InChI=1S/C22H25N5O2.C2HF3O2/c1-25-20-8-7-16(9-19(20)23-24-25)22(29)27-12-17-11-26(13-18(17)21(27)14-28)10-15-5-3-2-4-6-15;3-2(4,5)1(6)7/h2-9,17-18,21,28H,10-14H2,1H3;(H,6,7)/t17-,18-,21+;/m0./s1. The van der Waals surface area contributed by atoms with E-state index in [0.29, 0.717) is 29.5 Å². The Morgan fingerprint density at radius 2 is 1.78 bits per heavy atom. The van der Waals surface area contributed by atoms with Crippen molar-refractivity contribution in [3.05, 3.63) is 59.7 Å². The van der Waals surface area contributed by atoms with Crippen molar-refractivity contribution in [2.24, 2.45) is 18.9 Å². The average molecular weight is 505 g/mol. The van der Waals surface area contributed by atoms with Crippen molar-refractivity contribution < 1.29 is 33.0 Å². The predicted molar refractivity (Wildman–Crippen MR) is 123 cm³/mol. The Hall–Kier alpha value is -3.51. The molecular formula is C24H26F3N5O4. The summed E-state index contributed by atoms with van der Waals surface area (Å²) in [6.45, 7) is 3.49. The summed E-state index contributed by atoms with van der Waals surface area (Å²) in [4.78, 5) is 26.4. The molecule has 2 fully saturated rings. The van der Waals surface area contributed by atoms with Gasteiger partial charge in [0.05, 0.1) is 18.2 Å². The van der Waals surface area contributed by atoms with Crippen LogP contribution >= 0.6 is 0 Å². The van der Waals surface area contributed by atoms with Crippen LogP contribution in [0.15, 0.2) is 48.5 Å². The number of amides is 1. The lowest BCUT2D eigenvalue weighted by molar-refractivity contribution is -0.192.